The molecule has 182 valence electrons. The molecule has 0 bridgehead atoms. The summed E-state index contributed by atoms with van der Waals surface area (Å²) in [6.45, 7) is 2.56. The molecule has 3 atom stereocenters. The van der Waals surface area contributed by atoms with E-state index in [-0.39, 0.29) is 29.5 Å². The number of rotatable bonds is 7. The first-order valence-electron chi connectivity index (χ1n) is 12.1. The number of fused-ring (bicyclic) bond motifs is 1. The summed E-state index contributed by atoms with van der Waals surface area (Å²) in [5.74, 6) is 1.47. The molecule has 0 radical (unpaired) electrons. The van der Waals surface area contributed by atoms with Crippen molar-refractivity contribution >= 4 is 5.97 Å². The van der Waals surface area contributed by atoms with Gasteiger partial charge in [-0.25, -0.2) is 9.37 Å². The van der Waals surface area contributed by atoms with Gasteiger partial charge in [0.15, 0.2) is 0 Å². The van der Waals surface area contributed by atoms with Crippen molar-refractivity contribution in [2.75, 3.05) is 20.8 Å². The maximum atomic E-state index is 14.3. The topological polar surface area (TPSA) is 57.7 Å². The molecule has 1 aromatic heterocycles. The van der Waals surface area contributed by atoms with Crippen LogP contribution in [-0.4, -0.2) is 31.8 Å². The van der Waals surface area contributed by atoms with Gasteiger partial charge >= 0.3 is 5.97 Å². The number of hydrogen-bond acceptors (Lipinski definition) is 5. The van der Waals surface area contributed by atoms with Crippen LogP contribution in [0.2, 0.25) is 0 Å². The summed E-state index contributed by atoms with van der Waals surface area (Å²) in [5, 5.41) is 0. The minimum Gasteiger partial charge on any atom is -0.493 e. The molecule has 5 rings (SSSR count). The van der Waals surface area contributed by atoms with Crippen molar-refractivity contribution < 1.29 is 23.4 Å². The Morgan fingerprint density at radius 2 is 1.89 bits per heavy atom. The summed E-state index contributed by atoms with van der Waals surface area (Å²) >= 11 is 0. The third-order valence-corrected chi connectivity index (χ3v) is 7.35. The summed E-state index contributed by atoms with van der Waals surface area (Å²) in [6.07, 6.45) is 4.34. The SMILES string of the molecule is COC(=O)[C@@H](C)[C@H](c1ccc2c(c1)CC(c1ccc(-c3cc(OC)ncc3F)cc1)CO2)C1CC1. The Morgan fingerprint density at radius 1 is 1.11 bits per heavy atom. The lowest BCUT2D eigenvalue weighted by Gasteiger charge is -2.28. The zero-order valence-electron chi connectivity index (χ0n) is 20.3. The van der Waals surface area contributed by atoms with Gasteiger partial charge < -0.3 is 14.2 Å². The second kappa shape index (κ2) is 9.68. The summed E-state index contributed by atoms with van der Waals surface area (Å²) in [6, 6.07) is 15.9. The van der Waals surface area contributed by atoms with Crippen LogP contribution in [0.25, 0.3) is 11.1 Å². The minimum atomic E-state index is -0.382. The van der Waals surface area contributed by atoms with Gasteiger partial charge in [0, 0.05) is 17.5 Å². The highest BCUT2D eigenvalue weighted by atomic mass is 19.1. The fourth-order valence-corrected chi connectivity index (χ4v) is 5.28. The molecule has 0 saturated heterocycles. The van der Waals surface area contributed by atoms with Crippen LogP contribution in [0.15, 0.2) is 54.7 Å². The fourth-order valence-electron chi connectivity index (χ4n) is 5.28. The Balaban J connectivity index is 1.37. The molecule has 2 aliphatic rings. The van der Waals surface area contributed by atoms with E-state index in [1.807, 2.05) is 37.3 Å². The molecule has 35 heavy (non-hydrogen) atoms. The van der Waals surface area contributed by atoms with Gasteiger partial charge in [0.2, 0.25) is 5.88 Å². The third-order valence-electron chi connectivity index (χ3n) is 7.35. The highest BCUT2D eigenvalue weighted by Crippen LogP contribution is 2.48. The molecular formula is C29H30FNO4. The second-order valence-electron chi connectivity index (χ2n) is 9.58. The number of aromatic nitrogens is 1. The van der Waals surface area contributed by atoms with E-state index < -0.39 is 0 Å². The summed E-state index contributed by atoms with van der Waals surface area (Å²) in [5.41, 5.74) is 4.73. The predicted octanol–water partition coefficient (Wildman–Crippen LogP) is 5.92. The van der Waals surface area contributed by atoms with E-state index in [0.717, 1.165) is 41.7 Å². The van der Waals surface area contributed by atoms with Crippen molar-refractivity contribution in [1.29, 1.82) is 0 Å². The number of benzene rings is 2. The molecular weight excluding hydrogens is 445 g/mol. The number of halogens is 1. The smallest absolute Gasteiger partial charge is 0.309 e. The molecule has 1 aliphatic carbocycles. The van der Waals surface area contributed by atoms with E-state index in [0.29, 0.717) is 24.0 Å². The van der Waals surface area contributed by atoms with E-state index in [1.165, 1.54) is 26.0 Å². The number of hydrogen-bond donors (Lipinski definition) is 0. The van der Waals surface area contributed by atoms with Crippen molar-refractivity contribution in [2.24, 2.45) is 11.8 Å². The fraction of sp³-hybridized carbons (Fsp3) is 0.379. The van der Waals surface area contributed by atoms with Crippen molar-refractivity contribution in [3.05, 3.63) is 77.2 Å². The molecule has 1 unspecified atom stereocenters. The Labute approximate surface area is 205 Å². The molecule has 0 N–H and O–H groups in total. The number of nitrogens with zero attached hydrogens (tertiary/aromatic N) is 1. The maximum absolute atomic E-state index is 14.3. The van der Waals surface area contributed by atoms with E-state index in [1.54, 1.807) is 6.07 Å². The van der Waals surface area contributed by atoms with E-state index in [9.17, 15) is 9.18 Å². The van der Waals surface area contributed by atoms with Crippen LogP contribution in [-0.2, 0) is 16.0 Å². The predicted molar refractivity (Wildman–Crippen MR) is 131 cm³/mol. The molecule has 1 saturated carbocycles. The molecule has 1 aliphatic heterocycles. The second-order valence-corrected chi connectivity index (χ2v) is 9.58. The molecule has 1 fully saturated rings. The van der Waals surface area contributed by atoms with Crippen LogP contribution in [0.1, 0.15) is 48.3 Å². The monoisotopic (exact) mass is 475 g/mol. The van der Waals surface area contributed by atoms with Gasteiger partial charge in [-0.3, -0.25) is 4.79 Å². The molecule has 2 aromatic carbocycles. The Bertz CT molecular complexity index is 1220. The van der Waals surface area contributed by atoms with Crippen molar-refractivity contribution in [3.8, 4) is 22.8 Å². The Kier molecular flexibility index (Phi) is 6.46. The van der Waals surface area contributed by atoms with Gasteiger partial charge in [0.05, 0.1) is 32.9 Å². The lowest BCUT2D eigenvalue weighted by molar-refractivity contribution is -0.145. The van der Waals surface area contributed by atoms with Crippen LogP contribution < -0.4 is 9.47 Å². The summed E-state index contributed by atoms with van der Waals surface area (Å²) in [7, 11) is 2.97. The first-order chi connectivity index (χ1) is 17.0. The molecule has 5 nitrogen and oxygen atoms in total. The van der Waals surface area contributed by atoms with E-state index in [2.05, 4.69) is 17.1 Å². The van der Waals surface area contributed by atoms with Gasteiger partial charge in [0.25, 0.3) is 0 Å². The summed E-state index contributed by atoms with van der Waals surface area (Å²) in [4.78, 5) is 16.2. The Hall–Kier alpha value is -3.41. The van der Waals surface area contributed by atoms with E-state index >= 15 is 0 Å². The third kappa shape index (κ3) is 4.75. The average Bonchev–Trinajstić information content (AvgIpc) is 3.73. The quantitative estimate of drug-likeness (QED) is 0.397. The highest BCUT2D eigenvalue weighted by Gasteiger charge is 2.39. The average molecular weight is 476 g/mol. The lowest BCUT2D eigenvalue weighted by atomic mass is 9.81. The summed E-state index contributed by atoms with van der Waals surface area (Å²) < 4.78 is 30.6. The van der Waals surface area contributed by atoms with Crippen LogP contribution in [0.4, 0.5) is 4.39 Å². The van der Waals surface area contributed by atoms with Crippen LogP contribution >= 0.6 is 0 Å². The number of carbonyl (C=O) groups excluding carboxylic acids is 1. The molecule has 2 heterocycles. The molecule has 0 spiro atoms. The molecule has 6 heteroatoms. The number of methoxy groups -OCH3 is 2. The normalized spacial score (nSPS) is 18.7. The molecule has 3 aromatic rings. The highest BCUT2D eigenvalue weighted by molar-refractivity contribution is 5.73. The van der Waals surface area contributed by atoms with Crippen molar-refractivity contribution in [1.82, 2.24) is 4.98 Å². The van der Waals surface area contributed by atoms with Crippen LogP contribution in [0.3, 0.4) is 0 Å². The largest absolute Gasteiger partial charge is 0.493 e. The Morgan fingerprint density at radius 3 is 2.57 bits per heavy atom. The van der Waals surface area contributed by atoms with Crippen LogP contribution in [0.5, 0.6) is 11.6 Å². The van der Waals surface area contributed by atoms with Crippen molar-refractivity contribution in [2.45, 2.75) is 38.0 Å². The maximum Gasteiger partial charge on any atom is 0.309 e. The van der Waals surface area contributed by atoms with Crippen LogP contribution in [0, 0.1) is 17.7 Å². The van der Waals surface area contributed by atoms with Gasteiger partial charge in [-0.05, 0) is 59.4 Å². The van der Waals surface area contributed by atoms with Gasteiger partial charge in [-0.15, -0.1) is 0 Å². The zero-order chi connectivity index (χ0) is 24.5. The minimum absolute atomic E-state index is 0.155. The number of ether oxygens (including phenoxy) is 3. The van der Waals surface area contributed by atoms with Gasteiger partial charge in [-0.2, -0.15) is 0 Å². The lowest BCUT2D eigenvalue weighted by Crippen LogP contribution is -2.23. The number of carbonyl (C=O) groups is 1. The number of esters is 1. The van der Waals surface area contributed by atoms with Gasteiger partial charge in [0.1, 0.15) is 11.6 Å². The van der Waals surface area contributed by atoms with Gasteiger partial charge in [-0.1, -0.05) is 43.3 Å². The zero-order valence-corrected chi connectivity index (χ0v) is 20.3. The molecule has 0 amide bonds. The standard InChI is InChI=1S/C29H30FNO4/c1-17(29(32)34-3)28(20-8-9-20)21-10-11-26-22(12-21)13-23(16-35-26)18-4-6-19(7-5-18)24-14-27(33-2)31-15-25(24)30/h4-7,10-12,14-15,17,20,23,28H,8-9,13,16H2,1-3H3/t17-,23?,28-/m0/s1. The number of pyridine rings is 1. The first-order valence-corrected chi connectivity index (χ1v) is 12.1. The van der Waals surface area contributed by atoms with E-state index in [4.69, 9.17) is 14.2 Å². The first kappa shape index (κ1) is 23.3. The van der Waals surface area contributed by atoms with Crippen molar-refractivity contribution in [3.63, 3.8) is 0 Å².